The molecule has 0 atom stereocenters. The lowest BCUT2D eigenvalue weighted by atomic mass is 10.1. The number of nitro benzene ring substituents is 1. The van der Waals surface area contributed by atoms with Crippen LogP contribution >= 0.6 is 0 Å². The topological polar surface area (TPSA) is 88.0 Å². The molecule has 120 valence electrons. The van der Waals surface area contributed by atoms with E-state index in [1.54, 1.807) is 13.0 Å². The van der Waals surface area contributed by atoms with Gasteiger partial charge >= 0.3 is 5.97 Å². The number of hydrogen-bond acceptors (Lipinski definition) is 7. The molecule has 0 saturated carbocycles. The number of rotatable bonds is 5. The van der Waals surface area contributed by atoms with Crippen molar-refractivity contribution in [1.29, 1.82) is 0 Å². The highest BCUT2D eigenvalue weighted by molar-refractivity contribution is 5.91. The second-order valence-corrected chi connectivity index (χ2v) is 5.11. The number of hydrogen-bond donors (Lipinski definition) is 1. The summed E-state index contributed by atoms with van der Waals surface area (Å²) in [7, 11) is 2.04. The van der Waals surface area contributed by atoms with Gasteiger partial charge in [0.1, 0.15) is 5.69 Å². The van der Waals surface area contributed by atoms with Crippen molar-refractivity contribution in [1.82, 2.24) is 9.91 Å². The number of nitrogens with one attached hydrogen (secondary N) is 1. The van der Waals surface area contributed by atoms with Gasteiger partial charge in [-0.25, -0.2) is 9.80 Å². The van der Waals surface area contributed by atoms with Gasteiger partial charge in [-0.05, 0) is 26.1 Å². The number of hydrazine groups is 1. The Morgan fingerprint density at radius 3 is 2.64 bits per heavy atom. The van der Waals surface area contributed by atoms with E-state index in [0.717, 1.165) is 26.2 Å². The molecule has 2 rings (SSSR count). The van der Waals surface area contributed by atoms with Gasteiger partial charge in [0.25, 0.3) is 5.69 Å². The smallest absolute Gasteiger partial charge is 0.338 e. The van der Waals surface area contributed by atoms with Crippen LogP contribution in [0.25, 0.3) is 0 Å². The second kappa shape index (κ2) is 7.19. The van der Waals surface area contributed by atoms with Gasteiger partial charge < -0.3 is 15.1 Å². The molecular weight excluding hydrogens is 288 g/mol. The minimum atomic E-state index is -0.559. The average Bonchev–Trinajstić information content (AvgIpc) is 2.50. The SMILES string of the molecule is CCOC(=O)c1ccc(NN2CCN(C)CC2)c([N+](=O)[O-])c1. The van der Waals surface area contributed by atoms with Gasteiger partial charge in [-0.3, -0.25) is 10.1 Å². The monoisotopic (exact) mass is 308 g/mol. The molecule has 1 aromatic rings. The Morgan fingerprint density at radius 2 is 2.05 bits per heavy atom. The molecule has 1 saturated heterocycles. The van der Waals surface area contributed by atoms with Crippen LogP contribution in [0.3, 0.4) is 0 Å². The first-order valence-electron chi connectivity index (χ1n) is 7.17. The fourth-order valence-electron chi connectivity index (χ4n) is 2.21. The van der Waals surface area contributed by atoms with Crippen LogP contribution in [0.15, 0.2) is 18.2 Å². The van der Waals surface area contributed by atoms with E-state index in [1.807, 2.05) is 12.1 Å². The van der Waals surface area contributed by atoms with Crippen molar-refractivity contribution in [3.05, 3.63) is 33.9 Å². The van der Waals surface area contributed by atoms with E-state index >= 15 is 0 Å². The minimum Gasteiger partial charge on any atom is -0.462 e. The van der Waals surface area contributed by atoms with Gasteiger partial charge in [-0.1, -0.05) is 0 Å². The lowest BCUT2D eigenvalue weighted by Crippen LogP contribution is -2.47. The number of carbonyl (C=O) groups excluding carboxylic acids is 1. The van der Waals surface area contributed by atoms with Crippen LogP contribution in [0.1, 0.15) is 17.3 Å². The highest BCUT2D eigenvalue weighted by Gasteiger charge is 2.21. The van der Waals surface area contributed by atoms with Gasteiger partial charge in [0.2, 0.25) is 0 Å². The molecule has 0 aliphatic carbocycles. The number of benzene rings is 1. The quantitative estimate of drug-likeness (QED) is 0.499. The Morgan fingerprint density at radius 1 is 1.36 bits per heavy atom. The first-order chi connectivity index (χ1) is 10.5. The fraction of sp³-hybridized carbons (Fsp3) is 0.500. The molecule has 1 N–H and O–H groups in total. The zero-order valence-electron chi connectivity index (χ0n) is 12.7. The summed E-state index contributed by atoms with van der Waals surface area (Å²) < 4.78 is 4.87. The molecule has 0 unspecified atom stereocenters. The maximum Gasteiger partial charge on any atom is 0.338 e. The molecule has 8 heteroatoms. The van der Waals surface area contributed by atoms with Crippen molar-refractivity contribution in [3.8, 4) is 0 Å². The van der Waals surface area contributed by atoms with E-state index in [1.165, 1.54) is 12.1 Å². The summed E-state index contributed by atoms with van der Waals surface area (Å²) in [5, 5.41) is 13.2. The highest BCUT2D eigenvalue weighted by atomic mass is 16.6. The van der Waals surface area contributed by atoms with Gasteiger partial charge in [-0.15, -0.1) is 0 Å². The predicted octanol–water partition coefficient (Wildman–Crippen LogP) is 1.35. The molecule has 0 aromatic heterocycles. The Balaban J connectivity index is 2.16. The molecule has 0 amide bonds. The Hall–Kier alpha value is -2.19. The van der Waals surface area contributed by atoms with Crippen LogP contribution in [-0.4, -0.2) is 60.6 Å². The number of nitro groups is 1. The second-order valence-electron chi connectivity index (χ2n) is 5.11. The van der Waals surface area contributed by atoms with E-state index in [0.29, 0.717) is 5.69 Å². The fourth-order valence-corrected chi connectivity index (χ4v) is 2.21. The standard InChI is InChI=1S/C14H20N4O4/c1-3-22-14(19)11-4-5-12(13(10-11)18(20)21)15-17-8-6-16(2)7-9-17/h4-5,10,15H,3,6-9H2,1-2H3. The number of nitrogens with zero attached hydrogens (tertiary/aromatic N) is 3. The van der Waals surface area contributed by atoms with Gasteiger partial charge in [0.05, 0.1) is 17.1 Å². The Bertz CT molecular complexity index is 556. The van der Waals surface area contributed by atoms with Crippen LogP contribution in [0, 0.1) is 10.1 Å². The number of ether oxygens (including phenoxy) is 1. The molecule has 0 spiro atoms. The van der Waals surface area contributed by atoms with E-state index in [-0.39, 0.29) is 17.9 Å². The summed E-state index contributed by atoms with van der Waals surface area (Å²) in [5.74, 6) is -0.559. The van der Waals surface area contributed by atoms with Crippen LogP contribution in [0.5, 0.6) is 0 Å². The maximum absolute atomic E-state index is 11.7. The predicted molar refractivity (Wildman–Crippen MR) is 81.7 cm³/mol. The molecule has 1 heterocycles. The van der Waals surface area contributed by atoms with E-state index < -0.39 is 10.9 Å². The maximum atomic E-state index is 11.7. The largest absolute Gasteiger partial charge is 0.462 e. The third-order valence-electron chi connectivity index (χ3n) is 3.49. The summed E-state index contributed by atoms with van der Waals surface area (Å²) in [6.07, 6.45) is 0. The highest BCUT2D eigenvalue weighted by Crippen LogP contribution is 2.26. The van der Waals surface area contributed by atoms with E-state index in [4.69, 9.17) is 4.74 Å². The van der Waals surface area contributed by atoms with Gasteiger partial charge in [0.15, 0.2) is 0 Å². The molecule has 1 fully saturated rings. The van der Waals surface area contributed by atoms with Crippen LogP contribution in [-0.2, 0) is 4.74 Å². The molecule has 8 nitrogen and oxygen atoms in total. The zero-order valence-corrected chi connectivity index (χ0v) is 12.7. The lowest BCUT2D eigenvalue weighted by Gasteiger charge is -2.32. The number of anilines is 1. The van der Waals surface area contributed by atoms with Crippen LogP contribution < -0.4 is 5.43 Å². The summed E-state index contributed by atoms with van der Waals surface area (Å²) in [5.41, 5.74) is 3.48. The van der Waals surface area contributed by atoms with Crippen LogP contribution in [0.4, 0.5) is 11.4 Å². The number of likely N-dealkylation sites (N-methyl/N-ethyl adjacent to an activating group) is 1. The van der Waals surface area contributed by atoms with Crippen molar-refractivity contribution >= 4 is 17.3 Å². The number of piperazine rings is 1. The van der Waals surface area contributed by atoms with Crippen molar-refractivity contribution < 1.29 is 14.5 Å². The normalized spacial score (nSPS) is 16.3. The summed E-state index contributed by atoms with van der Waals surface area (Å²) >= 11 is 0. The summed E-state index contributed by atoms with van der Waals surface area (Å²) in [4.78, 5) is 24.6. The van der Waals surface area contributed by atoms with E-state index in [2.05, 4.69) is 10.3 Å². The molecule has 0 bridgehead atoms. The van der Waals surface area contributed by atoms with Crippen LogP contribution in [0.2, 0.25) is 0 Å². The van der Waals surface area contributed by atoms with Crippen molar-refractivity contribution in [2.24, 2.45) is 0 Å². The average molecular weight is 308 g/mol. The van der Waals surface area contributed by atoms with Crippen molar-refractivity contribution in [3.63, 3.8) is 0 Å². The summed E-state index contributed by atoms with van der Waals surface area (Å²) in [6, 6.07) is 4.32. The summed E-state index contributed by atoms with van der Waals surface area (Å²) in [6.45, 7) is 5.24. The van der Waals surface area contributed by atoms with Gasteiger partial charge in [0, 0.05) is 32.2 Å². The molecule has 1 aliphatic rings. The Kier molecular flexibility index (Phi) is 5.29. The number of esters is 1. The minimum absolute atomic E-state index is 0.135. The van der Waals surface area contributed by atoms with Gasteiger partial charge in [-0.2, -0.15) is 0 Å². The molecule has 0 radical (unpaired) electrons. The molecular formula is C14H20N4O4. The molecule has 1 aliphatic heterocycles. The number of carbonyl (C=O) groups is 1. The van der Waals surface area contributed by atoms with Crippen molar-refractivity contribution in [2.75, 3.05) is 45.3 Å². The lowest BCUT2D eigenvalue weighted by molar-refractivity contribution is -0.384. The first kappa shape index (κ1) is 16.2. The molecule has 1 aromatic carbocycles. The third-order valence-corrected chi connectivity index (χ3v) is 3.49. The van der Waals surface area contributed by atoms with Crippen molar-refractivity contribution in [2.45, 2.75) is 6.92 Å². The molecule has 22 heavy (non-hydrogen) atoms. The Labute approximate surface area is 128 Å². The first-order valence-corrected chi connectivity index (χ1v) is 7.17. The zero-order chi connectivity index (χ0) is 16.1. The third kappa shape index (κ3) is 3.92. The van der Waals surface area contributed by atoms with E-state index in [9.17, 15) is 14.9 Å².